The Morgan fingerprint density at radius 2 is 1.80 bits per heavy atom. The van der Waals surface area contributed by atoms with Crippen molar-refractivity contribution in [2.75, 3.05) is 14.1 Å². The number of aromatic hydroxyl groups is 2. The lowest BCUT2D eigenvalue weighted by Crippen LogP contribution is -2.23. The second-order valence-electron chi connectivity index (χ2n) is 10.5. The van der Waals surface area contributed by atoms with E-state index in [0.717, 1.165) is 22.8 Å². The predicted molar refractivity (Wildman–Crippen MR) is 145 cm³/mol. The van der Waals surface area contributed by atoms with Crippen LogP contribution in [-0.2, 0) is 17.5 Å². The maximum atomic E-state index is 13.6. The van der Waals surface area contributed by atoms with Crippen LogP contribution in [0.4, 0.5) is 24.5 Å². The Morgan fingerprint density at radius 3 is 2.46 bits per heavy atom. The Balaban J connectivity index is 1.82. The lowest BCUT2D eigenvalue weighted by Gasteiger charge is -2.27. The van der Waals surface area contributed by atoms with E-state index in [-0.39, 0.29) is 46.4 Å². The summed E-state index contributed by atoms with van der Waals surface area (Å²) in [5.74, 6) is -2.29. The summed E-state index contributed by atoms with van der Waals surface area (Å²) in [5.41, 5.74) is -1.18. The summed E-state index contributed by atoms with van der Waals surface area (Å²) in [6.07, 6.45) is -2.33. The van der Waals surface area contributed by atoms with Crippen molar-refractivity contribution in [1.82, 2.24) is 9.47 Å². The Labute approximate surface area is 234 Å². The number of phenols is 1. The van der Waals surface area contributed by atoms with Gasteiger partial charge in [-0.3, -0.25) is 9.59 Å². The molecule has 0 spiro atoms. The third-order valence-electron chi connectivity index (χ3n) is 7.37. The number of carboxylic acid groups (broad SMARTS) is 1. The summed E-state index contributed by atoms with van der Waals surface area (Å²) in [7, 11) is 3.45. The SMILES string of the molecule is Cc1c(CN(C)C)c(O)n(-c2cccc(C(F)(F)F)c2)c(=O)c1N=Nc1cccc(C2CCCC(C(=O)O)C2)c1O. The quantitative estimate of drug-likeness (QED) is 0.281. The molecular formula is C29H31F3N4O5. The van der Waals surface area contributed by atoms with Crippen LogP contribution in [0.5, 0.6) is 11.6 Å². The molecule has 0 bridgehead atoms. The molecule has 12 heteroatoms. The minimum absolute atomic E-state index is 0.0478. The zero-order valence-electron chi connectivity index (χ0n) is 22.8. The van der Waals surface area contributed by atoms with Gasteiger partial charge in [0.2, 0.25) is 5.88 Å². The zero-order chi connectivity index (χ0) is 30.1. The number of nitrogens with zero attached hydrogens (tertiary/aromatic N) is 4. The Hall–Kier alpha value is -4.19. The topological polar surface area (TPSA) is 128 Å². The van der Waals surface area contributed by atoms with Crippen LogP contribution in [0, 0.1) is 12.8 Å². The number of rotatable bonds is 7. The molecule has 9 nitrogen and oxygen atoms in total. The third kappa shape index (κ3) is 6.27. The van der Waals surface area contributed by atoms with E-state index in [1.807, 2.05) is 0 Å². The molecule has 1 fully saturated rings. The molecular weight excluding hydrogens is 541 g/mol. The molecule has 0 aliphatic heterocycles. The summed E-state index contributed by atoms with van der Waals surface area (Å²) in [4.78, 5) is 26.8. The van der Waals surface area contributed by atoms with Crippen molar-refractivity contribution < 1.29 is 33.3 Å². The van der Waals surface area contributed by atoms with Gasteiger partial charge in [0.15, 0.2) is 5.69 Å². The second kappa shape index (κ2) is 11.7. The highest BCUT2D eigenvalue weighted by atomic mass is 19.4. The lowest BCUT2D eigenvalue weighted by molar-refractivity contribution is -0.143. The number of aromatic nitrogens is 1. The molecule has 1 aromatic heterocycles. The summed E-state index contributed by atoms with van der Waals surface area (Å²) >= 11 is 0. The number of aliphatic carboxylic acids is 1. The molecule has 2 unspecified atom stereocenters. The minimum atomic E-state index is -4.67. The average Bonchev–Trinajstić information content (AvgIpc) is 2.91. The standard InChI is InChI=1S/C29H31F3N4O5/c1-16-22(15-35(2)3)26(38)36(20-10-5-9-19(14-20)29(30,31)32)27(39)24(16)34-33-23-12-6-11-21(25(23)37)17-7-4-8-18(13-17)28(40)41/h5-6,9-12,14,17-18,37-38H,4,7-8,13,15H2,1-3H3,(H,40,41). The first-order valence-electron chi connectivity index (χ1n) is 13.1. The van der Waals surface area contributed by atoms with Gasteiger partial charge in [-0.15, -0.1) is 10.2 Å². The Morgan fingerprint density at radius 1 is 1.10 bits per heavy atom. The smallest absolute Gasteiger partial charge is 0.416 e. The molecule has 3 aromatic rings. The second-order valence-corrected chi connectivity index (χ2v) is 10.5. The molecule has 41 heavy (non-hydrogen) atoms. The van der Waals surface area contributed by atoms with Gasteiger partial charge in [0, 0.05) is 12.1 Å². The molecule has 218 valence electrons. The number of hydrogen-bond donors (Lipinski definition) is 3. The van der Waals surface area contributed by atoms with Gasteiger partial charge in [-0.1, -0.05) is 24.6 Å². The largest absolute Gasteiger partial charge is 0.505 e. The van der Waals surface area contributed by atoms with E-state index < -0.39 is 35.1 Å². The fourth-order valence-corrected chi connectivity index (χ4v) is 5.25. The molecule has 4 rings (SSSR count). The van der Waals surface area contributed by atoms with E-state index in [1.165, 1.54) is 12.1 Å². The number of para-hydroxylation sites is 1. The normalized spacial score (nSPS) is 17.8. The molecule has 1 heterocycles. The van der Waals surface area contributed by atoms with E-state index in [9.17, 15) is 38.1 Å². The van der Waals surface area contributed by atoms with E-state index in [4.69, 9.17) is 0 Å². The fourth-order valence-electron chi connectivity index (χ4n) is 5.25. The first kappa shape index (κ1) is 29.8. The van der Waals surface area contributed by atoms with Crippen molar-refractivity contribution in [3.8, 4) is 17.3 Å². The molecule has 2 atom stereocenters. The highest BCUT2D eigenvalue weighted by Crippen LogP contribution is 2.43. The van der Waals surface area contributed by atoms with Crippen molar-refractivity contribution in [3.05, 3.63) is 75.1 Å². The lowest BCUT2D eigenvalue weighted by atomic mass is 9.77. The molecule has 1 aliphatic rings. The van der Waals surface area contributed by atoms with Crippen molar-refractivity contribution in [3.63, 3.8) is 0 Å². The number of alkyl halides is 3. The van der Waals surface area contributed by atoms with Crippen LogP contribution in [0.1, 0.15) is 53.9 Å². The maximum Gasteiger partial charge on any atom is 0.416 e. The third-order valence-corrected chi connectivity index (χ3v) is 7.37. The van der Waals surface area contributed by atoms with E-state index in [0.29, 0.717) is 31.2 Å². The molecule has 0 amide bonds. The monoisotopic (exact) mass is 572 g/mol. The van der Waals surface area contributed by atoms with Crippen LogP contribution in [0.2, 0.25) is 0 Å². The van der Waals surface area contributed by atoms with Gasteiger partial charge in [0.25, 0.3) is 5.56 Å². The van der Waals surface area contributed by atoms with Gasteiger partial charge in [0.05, 0.1) is 17.2 Å². The highest BCUT2D eigenvalue weighted by Gasteiger charge is 2.32. The van der Waals surface area contributed by atoms with Crippen LogP contribution in [0.25, 0.3) is 5.69 Å². The summed E-state index contributed by atoms with van der Waals surface area (Å²) < 4.78 is 41.0. The van der Waals surface area contributed by atoms with Gasteiger partial charge in [-0.25, -0.2) is 4.57 Å². The number of azo groups is 1. The highest BCUT2D eigenvalue weighted by molar-refractivity contribution is 5.70. The van der Waals surface area contributed by atoms with Crippen molar-refractivity contribution in [1.29, 1.82) is 0 Å². The van der Waals surface area contributed by atoms with Gasteiger partial charge in [0.1, 0.15) is 11.4 Å². The van der Waals surface area contributed by atoms with Crippen LogP contribution < -0.4 is 5.56 Å². The van der Waals surface area contributed by atoms with Crippen LogP contribution in [0.3, 0.4) is 0 Å². The summed E-state index contributed by atoms with van der Waals surface area (Å²) in [5, 5.41) is 39.7. The maximum absolute atomic E-state index is 13.6. The minimum Gasteiger partial charge on any atom is -0.505 e. The van der Waals surface area contributed by atoms with Crippen molar-refractivity contribution >= 4 is 17.3 Å². The van der Waals surface area contributed by atoms with Crippen LogP contribution in [0.15, 0.2) is 57.5 Å². The molecule has 0 saturated heterocycles. The summed E-state index contributed by atoms with van der Waals surface area (Å²) in [6, 6.07) is 8.88. The fraction of sp³-hybridized carbons (Fsp3) is 0.379. The van der Waals surface area contributed by atoms with Gasteiger partial charge < -0.3 is 20.2 Å². The average molecular weight is 573 g/mol. The predicted octanol–water partition coefficient (Wildman–Crippen LogP) is 6.41. The Kier molecular flexibility index (Phi) is 8.52. The van der Waals surface area contributed by atoms with E-state index in [1.54, 1.807) is 38.1 Å². The van der Waals surface area contributed by atoms with E-state index >= 15 is 0 Å². The first-order valence-corrected chi connectivity index (χ1v) is 13.1. The van der Waals surface area contributed by atoms with E-state index in [2.05, 4.69) is 10.2 Å². The first-order chi connectivity index (χ1) is 19.3. The molecule has 1 aliphatic carbocycles. The van der Waals surface area contributed by atoms with Crippen LogP contribution in [-0.4, -0.2) is 44.9 Å². The van der Waals surface area contributed by atoms with Gasteiger partial charge >= 0.3 is 12.1 Å². The molecule has 1 saturated carbocycles. The van der Waals surface area contributed by atoms with Crippen molar-refractivity contribution in [2.24, 2.45) is 16.1 Å². The molecule has 3 N–H and O–H groups in total. The number of hydrogen-bond acceptors (Lipinski definition) is 7. The van der Waals surface area contributed by atoms with Crippen molar-refractivity contribution in [2.45, 2.75) is 51.2 Å². The zero-order valence-corrected chi connectivity index (χ0v) is 22.8. The number of phenolic OH excluding ortho intramolecular Hbond substituents is 1. The number of benzene rings is 2. The molecule has 0 radical (unpaired) electrons. The molecule has 2 aromatic carbocycles. The van der Waals surface area contributed by atoms with Gasteiger partial charge in [-0.2, -0.15) is 13.2 Å². The number of halogens is 3. The number of carbonyl (C=O) groups is 1. The van der Waals surface area contributed by atoms with Crippen LogP contribution >= 0.6 is 0 Å². The summed E-state index contributed by atoms with van der Waals surface area (Å²) in [6.45, 7) is 1.70. The Bertz CT molecular complexity index is 1550. The van der Waals surface area contributed by atoms with Gasteiger partial charge in [-0.05, 0) is 81.6 Å². The number of carboxylic acids is 1. The number of pyridine rings is 1.